The first-order chi connectivity index (χ1) is 15.4. The summed E-state index contributed by atoms with van der Waals surface area (Å²) in [4.78, 5) is -0.600. The average molecular weight is 585 g/mol. The fourth-order valence-corrected chi connectivity index (χ4v) is 7.00. The number of ether oxygens (including phenoxy) is 1. The molecule has 0 amide bonds. The fourth-order valence-electron chi connectivity index (χ4n) is 3.79. The van der Waals surface area contributed by atoms with Crippen molar-refractivity contribution in [1.82, 2.24) is 0 Å². The summed E-state index contributed by atoms with van der Waals surface area (Å²) < 4.78 is 60.2. The lowest BCUT2D eigenvalue weighted by atomic mass is 10.0. The normalized spacial score (nSPS) is 11.8. The number of hydrogen-bond acceptors (Lipinski definition) is 5. The van der Waals surface area contributed by atoms with E-state index in [0.29, 0.717) is 6.61 Å². The first-order valence-electron chi connectivity index (χ1n) is 12.2. The Morgan fingerprint density at radius 2 is 1.19 bits per heavy atom. The highest BCUT2D eigenvalue weighted by Crippen LogP contribution is 2.34. The molecule has 1 rings (SSSR count). The molecule has 0 aromatic heterocycles. The van der Waals surface area contributed by atoms with Gasteiger partial charge in [-0.2, -0.15) is 8.42 Å². The van der Waals surface area contributed by atoms with Crippen LogP contribution in [0.2, 0.25) is 0 Å². The lowest BCUT2D eigenvalue weighted by Gasteiger charge is -2.10. The fraction of sp³-hybridized carbons (Fsp3) is 0.750. The minimum Gasteiger partial charge on any atom is -0.492 e. The van der Waals surface area contributed by atoms with Crippen LogP contribution in [0.3, 0.4) is 0 Å². The largest absolute Gasteiger partial charge is 0.492 e. The van der Waals surface area contributed by atoms with Crippen molar-refractivity contribution in [2.24, 2.45) is 0 Å². The third-order valence-corrected chi connectivity index (χ3v) is 8.87. The van der Waals surface area contributed by atoms with E-state index in [1.807, 2.05) is 0 Å². The van der Waals surface area contributed by atoms with Crippen LogP contribution in [-0.4, -0.2) is 19.6 Å². The smallest absolute Gasteiger partial charge is 0.346 e. The van der Waals surface area contributed by atoms with Crippen LogP contribution in [0.5, 0.6) is 5.75 Å². The Kier molecular flexibility index (Phi) is 16.2. The van der Waals surface area contributed by atoms with Crippen molar-refractivity contribution in [2.75, 3.05) is 6.61 Å². The molecule has 1 aromatic rings. The molecule has 1 N–H and O–H groups in total. The maximum absolute atomic E-state index is 11.5. The van der Waals surface area contributed by atoms with Crippen molar-refractivity contribution in [3.63, 3.8) is 0 Å². The minimum absolute atomic E-state index is 0.0104. The lowest BCUT2D eigenvalue weighted by Crippen LogP contribution is -2.05. The van der Waals surface area contributed by atoms with Gasteiger partial charge < -0.3 is 4.74 Å². The van der Waals surface area contributed by atoms with Gasteiger partial charge in [-0.15, -0.1) is 0 Å². The highest BCUT2D eigenvalue weighted by molar-refractivity contribution is 14.2. The maximum atomic E-state index is 11.5. The Morgan fingerprint density at radius 3 is 1.59 bits per heavy atom. The SMILES string of the molecule is CCCCCCCCCCCCCCCCCCOc1cccc(S(=O)(=O)O)c1I(=O)=O. The Hall–Kier alpha value is -0.740. The predicted octanol–water partition coefficient (Wildman–Crippen LogP) is 7.94. The first kappa shape index (κ1) is 29.3. The molecule has 0 aliphatic rings. The zero-order valence-electron chi connectivity index (χ0n) is 19.5. The number of benzene rings is 1. The molecule has 6 nitrogen and oxygen atoms in total. The zero-order chi connectivity index (χ0) is 23.7. The van der Waals surface area contributed by atoms with Gasteiger partial charge in [-0.1, -0.05) is 109 Å². The van der Waals surface area contributed by atoms with Crippen LogP contribution in [0.1, 0.15) is 110 Å². The van der Waals surface area contributed by atoms with E-state index >= 15 is 0 Å². The van der Waals surface area contributed by atoms with E-state index in [9.17, 15) is 19.1 Å². The molecule has 8 heteroatoms. The van der Waals surface area contributed by atoms with E-state index in [4.69, 9.17) is 4.74 Å². The van der Waals surface area contributed by atoms with E-state index < -0.39 is 38.4 Å². The van der Waals surface area contributed by atoms with Crippen LogP contribution in [0.15, 0.2) is 23.1 Å². The minimum atomic E-state index is -4.60. The Labute approximate surface area is 201 Å². The molecule has 0 fully saturated rings. The molecule has 0 saturated heterocycles. The molecule has 0 spiro atoms. The van der Waals surface area contributed by atoms with E-state index in [1.165, 1.54) is 95.6 Å². The van der Waals surface area contributed by atoms with E-state index in [-0.39, 0.29) is 5.75 Å². The molecule has 186 valence electrons. The Bertz CT molecular complexity index is 797. The van der Waals surface area contributed by atoms with Gasteiger partial charge in [0.05, 0.1) is 6.61 Å². The Morgan fingerprint density at radius 1 is 0.750 bits per heavy atom. The second kappa shape index (κ2) is 17.7. The van der Waals surface area contributed by atoms with Crippen molar-refractivity contribution in [1.29, 1.82) is 0 Å². The molecule has 32 heavy (non-hydrogen) atoms. The Balaban J connectivity index is 2.06. The van der Waals surface area contributed by atoms with Gasteiger partial charge in [0.25, 0.3) is 10.1 Å². The molecule has 1 aromatic carbocycles. The van der Waals surface area contributed by atoms with Crippen molar-refractivity contribution in [2.45, 2.75) is 115 Å². The summed E-state index contributed by atoms with van der Waals surface area (Å²) in [5.74, 6) is 0.0104. The summed E-state index contributed by atoms with van der Waals surface area (Å²) in [5, 5.41) is 0. The summed E-state index contributed by atoms with van der Waals surface area (Å²) in [6, 6.07) is 3.87. The molecule has 0 heterocycles. The number of hydrogen-bond donors (Lipinski definition) is 1. The highest BCUT2D eigenvalue weighted by Gasteiger charge is 2.23. The van der Waals surface area contributed by atoms with Gasteiger partial charge in [0.15, 0.2) is 0 Å². The van der Waals surface area contributed by atoms with Gasteiger partial charge in [-0.25, -0.2) is 6.14 Å². The van der Waals surface area contributed by atoms with Crippen LogP contribution in [-0.2, 0) is 16.3 Å². The van der Waals surface area contributed by atoms with Crippen LogP contribution >= 0.6 is 19.8 Å². The number of halogens is 1. The van der Waals surface area contributed by atoms with E-state index in [0.717, 1.165) is 25.3 Å². The van der Waals surface area contributed by atoms with E-state index in [1.54, 1.807) is 0 Å². The molecule has 0 saturated carbocycles. The molecule has 0 aliphatic heterocycles. The van der Waals surface area contributed by atoms with Gasteiger partial charge in [0.1, 0.15) is 14.2 Å². The molecule has 0 unspecified atom stereocenters. The molecule has 0 radical (unpaired) electrons. The van der Waals surface area contributed by atoms with E-state index in [2.05, 4.69) is 6.92 Å². The first-order valence-corrected chi connectivity index (χ1v) is 16.4. The van der Waals surface area contributed by atoms with Gasteiger partial charge in [0.2, 0.25) is 0 Å². The molecular formula is C24H41IO6S. The van der Waals surface area contributed by atoms with Crippen LogP contribution in [0, 0.1) is 3.57 Å². The van der Waals surface area contributed by atoms with Crippen LogP contribution < -0.4 is 4.74 Å². The molecule has 0 bridgehead atoms. The molecule has 0 aliphatic carbocycles. The van der Waals surface area contributed by atoms with Crippen molar-refractivity contribution < 1.29 is 23.8 Å². The molecule has 0 atom stereocenters. The third-order valence-electron chi connectivity index (χ3n) is 5.62. The standard InChI is InChI=1S/C24H41IO6S/c1-2-3-4-5-6-7-8-9-10-11-12-13-14-15-16-17-21-31-22-19-18-20-23(32(28,29)30)24(22)25(26)27/h18-20H,2-17,21H2,1H3,(H,28,29,30). The monoisotopic (exact) mass is 584 g/mol. The van der Waals surface area contributed by atoms with Gasteiger partial charge >= 0.3 is 19.8 Å². The number of rotatable bonds is 20. The zero-order valence-corrected chi connectivity index (χ0v) is 22.5. The summed E-state index contributed by atoms with van der Waals surface area (Å²) in [6.07, 6.45) is 20.3. The highest BCUT2D eigenvalue weighted by atomic mass is 127. The quantitative estimate of drug-likeness (QED) is 0.0949. The predicted molar refractivity (Wildman–Crippen MR) is 135 cm³/mol. The number of unbranched alkanes of at least 4 members (excludes halogenated alkanes) is 15. The van der Waals surface area contributed by atoms with Crippen molar-refractivity contribution >= 4 is 29.9 Å². The van der Waals surface area contributed by atoms with Crippen molar-refractivity contribution in [3.05, 3.63) is 21.8 Å². The van der Waals surface area contributed by atoms with Crippen LogP contribution in [0.4, 0.5) is 0 Å². The second-order valence-corrected chi connectivity index (χ2v) is 12.1. The topological polar surface area (TPSA) is 97.7 Å². The maximum Gasteiger partial charge on any atom is 0.346 e. The summed E-state index contributed by atoms with van der Waals surface area (Å²) in [5.41, 5.74) is 0. The average Bonchev–Trinajstić information content (AvgIpc) is 2.75. The van der Waals surface area contributed by atoms with Crippen molar-refractivity contribution in [3.8, 4) is 5.75 Å². The van der Waals surface area contributed by atoms with Gasteiger partial charge in [-0.05, 0) is 18.6 Å². The lowest BCUT2D eigenvalue weighted by molar-refractivity contribution is 0.301. The second-order valence-electron chi connectivity index (χ2n) is 8.41. The van der Waals surface area contributed by atoms with Crippen LogP contribution in [0.25, 0.3) is 0 Å². The van der Waals surface area contributed by atoms with Gasteiger partial charge in [-0.3, -0.25) is 4.55 Å². The summed E-state index contributed by atoms with van der Waals surface area (Å²) >= 11 is -4.15. The third kappa shape index (κ3) is 13.1. The van der Waals surface area contributed by atoms with Gasteiger partial charge in [0, 0.05) is 0 Å². The summed E-state index contributed by atoms with van der Waals surface area (Å²) in [6.45, 7) is 2.58. The summed E-state index contributed by atoms with van der Waals surface area (Å²) in [7, 11) is -4.60. The molecular weight excluding hydrogens is 543 g/mol.